The molecule has 0 aromatic carbocycles. The highest BCUT2D eigenvalue weighted by atomic mass is 31.2. The van der Waals surface area contributed by atoms with Gasteiger partial charge in [0.05, 0.1) is 39.9 Å². The number of likely N-dealkylation sites (N-methyl/N-ethyl adjacent to an activating group) is 1. The maximum absolute atomic E-state index is 13.1. The maximum atomic E-state index is 13.1. The van der Waals surface area contributed by atoms with E-state index in [1.54, 1.807) is 6.08 Å². The van der Waals surface area contributed by atoms with Crippen LogP contribution < -0.4 is 5.32 Å². The van der Waals surface area contributed by atoms with Crippen molar-refractivity contribution in [3.05, 3.63) is 97.2 Å². The molecule has 3 unspecified atom stereocenters. The van der Waals surface area contributed by atoms with Crippen LogP contribution in [-0.2, 0) is 18.4 Å². The highest BCUT2D eigenvalue weighted by Gasteiger charge is 2.28. The van der Waals surface area contributed by atoms with Crippen LogP contribution in [0.15, 0.2) is 97.2 Å². The number of carbonyl (C=O) groups excluding carboxylic acids is 1. The first-order valence-corrected chi connectivity index (χ1v) is 38.1. The summed E-state index contributed by atoms with van der Waals surface area (Å²) in [6, 6.07) is -0.874. The van der Waals surface area contributed by atoms with Gasteiger partial charge < -0.3 is 19.8 Å². The zero-order valence-corrected chi connectivity index (χ0v) is 58.2. The van der Waals surface area contributed by atoms with E-state index in [0.29, 0.717) is 17.4 Å². The normalized spacial score (nSPS) is 14.2. The molecule has 0 bridgehead atoms. The van der Waals surface area contributed by atoms with Crippen molar-refractivity contribution >= 4 is 13.7 Å². The molecular weight excluding hydrogens is 1080 g/mol. The predicted octanol–water partition coefficient (Wildman–Crippen LogP) is 23.7. The van der Waals surface area contributed by atoms with Crippen LogP contribution in [0.2, 0.25) is 0 Å². The molecule has 1 amide bonds. The highest BCUT2D eigenvalue weighted by molar-refractivity contribution is 7.47. The number of quaternary nitrogens is 1. The second kappa shape index (κ2) is 66.8. The lowest BCUT2D eigenvalue weighted by molar-refractivity contribution is -0.870. The molecular formula is C77H142N2O6P+. The van der Waals surface area contributed by atoms with E-state index in [0.717, 1.165) is 77.0 Å². The lowest BCUT2D eigenvalue weighted by Gasteiger charge is -2.25. The summed E-state index contributed by atoms with van der Waals surface area (Å²) in [5.74, 6) is -0.187. The van der Waals surface area contributed by atoms with Crippen LogP contribution in [0.25, 0.3) is 0 Å². The number of hydrogen-bond acceptors (Lipinski definition) is 5. The number of phosphoric acid groups is 1. The number of phosphoric ester groups is 1. The average molecular weight is 1220 g/mol. The Hall–Kier alpha value is -2.58. The van der Waals surface area contributed by atoms with Gasteiger partial charge in [0.1, 0.15) is 13.2 Å². The molecule has 0 saturated carbocycles. The van der Waals surface area contributed by atoms with Crippen molar-refractivity contribution in [2.75, 3.05) is 40.9 Å². The van der Waals surface area contributed by atoms with Crippen LogP contribution in [0.4, 0.5) is 0 Å². The molecule has 0 aliphatic rings. The minimum atomic E-state index is -4.37. The topological polar surface area (TPSA) is 105 Å². The number of unbranched alkanes of at least 4 members (excludes halogenated alkanes) is 40. The molecule has 0 saturated heterocycles. The summed E-state index contributed by atoms with van der Waals surface area (Å²) < 4.78 is 23.8. The third kappa shape index (κ3) is 68.9. The lowest BCUT2D eigenvalue weighted by Crippen LogP contribution is -2.45. The molecule has 8 nitrogen and oxygen atoms in total. The molecule has 0 heterocycles. The zero-order valence-electron chi connectivity index (χ0n) is 57.3. The summed E-state index contributed by atoms with van der Waals surface area (Å²) in [4.78, 5) is 23.4. The van der Waals surface area contributed by atoms with Gasteiger partial charge in [-0.05, 0) is 89.9 Å². The van der Waals surface area contributed by atoms with Crippen LogP contribution in [0.3, 0.4) is 0 Å². The van der Waals surface area contributed by atoms with Gasteiger partial charge >= 0.3 is 7.82 Å². The highest BCUT2D eigenvalue weighted by Crippen LogP contribution is 2.43. The molecule has 0 aliphatic carbocycles. The second-order valence-electron chi connectivity index (χ2n) is 25.9. The van der Waals surface area contributed by atoms with Crippen molar-refractivity contribution in [1.82, 2.24) is 5.32 Å². The van der Waals surface area contributed by atoms with E-state index < -0.39 is 20.0 Å². The van der Waals surface area contributed by atoms with Gasteiger partial charge in [0.15, 0.2) is 0 Å². The molecule has 0 rings (SSSR count). The quantitative estimate of drug-likeness (QED) is 0.0243. The molecule has 3 atom stereocenters. The molecule has 0 aromatic rings. The third-order valence-electron chi connectivity index (χ3n) is 16.3. The lowest BCUT2D eigenvalue weighted by atomic mass is 10.0. The van der Waals surface area contributed by atoms with E-state index in [1.807, 2.05) is 27.2 Å². The first-order valence-electron chi connectivity index (χ1n) is 36.6. The van der Waals surface area contributed by atoms with Crippen LogP contribution in [-0.4, -0.2) is 73.4 Å². The Kier molecular flexibility index (Phi) is 64.8. The molecule has 9 heteroatoms. The molecule has 3 N–H and O–H groups in total. The Morgan fingerprint density at radius 2 is 0.709 bits per heavy atom. The summed E-state index contributed by atoms with van der Waals surface area (Å²) in [6.07, 6.45) is 97.2. The Balaban J connectivity index is 4.03. The Morgan fingerprint density at radius 1 is 0.407 bits per heavy atom. The number of hydrogen-bond donors (Lipinski definition) is 3. The maximum Gasteiger partial charge on any atom is 0.472 e. The van der Waals surface area contributed by atoms with E-state index in [4.69, 9.17) is 9.05 Å². The van der Waals surface area contributed by atoms with Crippen molar-refractivity contribution in [2.45, 2.75) is 347 Å². The summed E-state index contributed by atoms with van der Waals surface area (Å²) in [5.41, 5.74) is 0. The summed E-state index contributed by atoms with van der Waals surface area (Å²) in [7, 11) is 1.55. The van der Waals surface area contributed by atoms with Gasteiger partial charge in [0.2, 0.25) is 5.91 Å². The van der Waals surface area contributed by atoms with Gasteiger partial charge in [0.25, 0.3) is 0 Å². The van der Waals surface area contributed by atoms with Crippen molar-refractivity contribution in [3.8, 4) is 0 Å². The Bertz CT molecular complexity index is 1730. The Morgan fingerprint density at radius 3 is 1.07 bits per heavy atom. The second-order valence-corrected chi connectivity index (χ2v) is 27.4. The zero-order chi connectivity index (χ0) is 62.6. The molecule has 86 heavy (non-hydrogen) atoms. The molecule has 0 fully saturated rings. The first-order chi connectivity index (χ1) is 42.0. The van der Waals surface area contributed by atoms with E-state index >= 15 is 0 Å². The fraction of sp³-hybridized carbons (Fsp3) is 0.779. The summed E-state index contributed by atoms with van der Waals surface area (Å²) in [5, 5.41) is 14.0. The fourth-order valence-corrected chi connectivity index (χ4v) is 11.4. The predicted molar refractivity (Wildman–Crippen MR) is 378 cm³/mol. The van der Waals surface area contributed by atoms with Crippen LogP contribution >= 0.6 is 7.82 Å². The third-order valence-corrected chi connectivity index (χ3v) is 17.2. The van der Waals surface area contributed by atoms with E-state index in [9.17, 15) is 19.4 Å². The molecule has 500 valence electrons. The SMILES string of the molecule is CC/C=C\C/C=C\C/C=C\C/C=C\C/C=C\CCCCCCCCCCCCCCCCCCCCCCCCCC(=O)NC(COP(=O)(O)OCC[N+](C)(C)C)C(O)/C=C/CC/C=C/CC/C=C/CCCCCCCCCCCCCCCCC. The van der Waals surface area contributed by atoms with E-state index in [2.05, 4.69) is 104 Å². The number of carbonyl (C=O) groups is 1. The molecule has 0 aromatic heterocycles. The van der Waals surface area contributed by atoms with Gasteiger partial charge in [-0.2, -0.15) is 0 Å². The number of amides is 1. The first kappa shape index (κ1) is 83.4. The number of aliphatic hydroxyl groups excluding tert-OH is 1. The van der Waals surface area contributed by atoms with Gasteiger partial charge in [-0.15, -0.1) is 0 Å². The minimum absolute atomic E-state index is 0.0523. The molecule has 0 spiro atoms. The van der Waals surface area contributed by atoms with Crippen molar-refractivity contribution in [2.24, 2.45) is 0 Å². The molecule has 0 radical (unpaired) electrons. The van der Waals surface area contributed by atoms with Gasteiger partial charge in [0, 0.05) is 6.42 Å². The monoisotopic (exact) mass is 1220 g/mol. The van der Waals surface area contributed by atoms with E-state index in [1.165, 1.54) is 238 Å². The number of nitrogens with one attached hydrogen (secondary N) is 1. The molecule has 0 aliphatic heterocycles. The van der Waals surface area contributed by atoms with Crippen LogP contribution in [0.1, 0.15) is 335 Å². The Labute approximate surface area is 534 Å². The van der Waals surface area contributed by atoms with Crippen LogP contribution in [0.5, 0.6) is 0 Å². The van der Waals surface area contributed by atoms with Crippen LogP contribution in [0, 0.1) is 0 Å². The standard InChI is InChI=1S/C77H141N2O6P/c1-6-8-10-12-14-16-18-20-22-24-26-28-30-32-33-34-35-36-37-38-39-40-41-42-43-44-45-47-49-51-53-55-57-59-61-63-65-67-69-71-77(81)78-75(74-85-86(82,83)84-73-72-79(3,4)5)76(80)70-68-66-64-62-60-58-56-54-52-50-48-46-31-29-27-25-23-21-19-17-15-13-11-9-7-2/h8,10,14,16,20,22,26,28,32-33,52,54,60,62,68,70,75-76,80H,6-7,9,11-13,15,17-19,21,23-25,27,29-31,34-51,53,55-59,61,63-67,69,71-74H2,1-5H3,(H-,78,81,82,83)/p+1/b10-8-,16-14-,22-20-,28-26-,33-32-,54-52+,62-60+,70-68+. The van der Waals surface area contributed by atoms with E-state index in [-0.39, 0.29) is 19.1 Å². The van der Waals surface area contributed by atoms with Crippen molar-refractivity contribution in [1.29, 1.82) is 0 Å². The minimum Gasteiger partial charge on any atom is -0.387 e. The number of allylic oxidation sites excluding steroid dienone is 15. The number of nitrogens with zero attached hydrogens (tertiary/aromatic N) is 1. The average Bonchev–Trinajstić information content (AvgIpc) is 3.70. The smallest absolute Gasteiger partial charge is 0.387 e. The van der Waals surface area contributed by atoms with Gasteiger partial charge in [-0.3, -0.25) is 13.8 Å². The summed E-state index contributed by atoms with van der Waals surface area (Å²) >= 11 is 0. The number of rotatable bonds is 67. The summed E-state index contributed by atoms with van der Waals surface area (Å²) in [6.45, 7) is 4.71. The fourth-order valence-electron chi connectivity index (χ4n) is 10.6. The van der Waals surface area contributed by atoms with Crippen molar-refractivity contribution in [3.63, 3.8) is 0 Å². The largest absolute Gasteiger partial charge is 0.472 e. The number of aliphatic hydroxyl groups is 1. The van der Waals surface area contributed by atoms with Crippen molar-refractivity contribution < 1.29 is 32.9 Å². The van der Waals surface area contributed by atoms with Gasteiger partial charge in [-0.25, -0.2) is 4.57 Å². The van der Waals surface area contributed by atoms with Gasteiger partial charge in [-0.1, -0.05) is 336 Å².